The predicted molar refractivity (Wildman–Crippen MR) is 98.4 cm³/mol. The Morgan fingerprint density at radius 1 is 1.42 bits per heavy atom. The Hall–Kier alpha value is -2.46. The lowest BCUT2D eigenvalue weighted by atomic mass is 9.98. The number of carbonyl (C=O) groups excluding carboxylic acids is 2. The van der Waals surface area contributed by atoms with Gasteiger partial charge in [-0.1, -0.05) is 12.1 Å². The van der Waals surface area contributed by atoms with E-state index in [0.29, 0.717) is 12.8 Å². The molecule has 0 bridgehead atoms. The second-order valence-electron chi connectivity index (χ2n) is 6.73. The minimum atomic E-state index is -0.865. The lowest BCUT2D eigenvalue weighted by molar-refractivity contribution is -0.149. The van der Waals surface area contributed by atoms with Gasteiger partial charge < -0.3 is 10.1 Å². The zero-order valence-electron chi connectivity index (χ0n) is 14.7. The standard InChI is InChI=1S/C19H21N3O3S/c1-19(12-20,13-9-10-13)22-16(23)11-25-18(24)8-4-7-17-21-14-5-2-3-6-15(14)26-17/h2-3,5-6,13H,4,7-11H2,1H3,(H,22,23)/t19-/m0/s1. The maximum atomic E-state index is 11.9. The number of amides is 1. The molecule has 1 aromatic heterocycles. The molecule has 26 heavy (non-hydrogen) atoms. The highest BCUT2D eigenvalue weighted by Crippen LogP contribution is 2.39. The maximum absolute atomic E-state index is 11.9. The van der Waals surface area contributed by atoms with Gasteiger partial charge in [0.15, 0.2) is 6.61 Å². The van der Waals surface area contributed by atoms with Gasteiger partial charge in [-0.2, -0.15) is 5.26 Å². The first-order chi connectivity index (χ1) is 12.5. The van der Waals surface area contributed by atoms with Crippen LogP contribution in [0.3, 0.4) is 0 Å². The molecule has 0 radical (unpaired) electrons. The van der Waals surface area contributed by atoms with Crippen LogP contribution in [-0.4, -0.2) is 29.0 Å². The fourth-order valence-corrected chi connectivity index (χ4v) is 3.85. The summed E-state index contributed by atoms with van der Waals surface area (Å²) in [7, 11) is 0. The van der Waals surface area contributed by atoms with E-state index in [4.69, 9.17) is 4.74 Å². The molecule has 1 aromatic carbocycles. The van der Waals surface area contributed by atoms with Crippen LogP contribution in [-0.2, 0) is 20.7 Å². The Bertz CT molecular complexity index is 820. The molecule has 1 aliphatic rings. The molecule has 1 N–H and O–H groups in total. The average molecular weight is 371 g/mol. The lowest BCUT2D eigenvalue weighted by Gasteiger charge is -2.22. The number of carbonyl (C=O) groups is 2. The highest BCUT2D eigenvalue weighted by Gasteiger charge is 2.43. The van der Waals surface area contributed by atoms with Crippen molar-refractivity contribution >= 4 is 33.4 Å². The molecule has 1 aliphatic carbocycles. The third-order valence-corrected chi connectivity index (χ3v) is 5.60. The van der Waals surface area contributed by atoms with Gasteiger partial charge in [0.1, 0.15) is 5.54 Å². The van der Waals surface area contributed by atoms with Crippen molar-refractivity contribution in [1.82, 2.24) is 10.3 Å². The third kappa shape index (κ3) is 4.58. The Morgan fingerprint density at radius 3 is 2.88 bits per heavy atom. The number of thiazole rings is 1. The first-order valence-electron chi connectivity index (χ1n) is 8.72. The monoisotopic (exact) mass is 371 g/mol. The number of hydrogen-bond donors (Lipinski definition) is 1. The van der Waals surface area contributed by atoms with Crippen LogP contribution < -0.4 is 5.32 Å². The number of aryl methyl sites for hydroxylation is 1. The van der Waals surface area contributed by atoms with Crippen molar-refractivity contribution in [1.29, 1.82) is 5.26 Å². The average Bonchev–Trinajstić information content (AvgIpc) is 3.40. The van der Waals surface area contributed by atoms with Crippen LogP contribution in [0.4, 0.5) is 0 Å². The van der Waals surface area contributed by atoms with Crippen molar-refractivity contribution in [2.24, 2.45) is 5.92 Å². The highest BCUT2D eigenvalue weighted by atomic mass is 32.1. The minimum absolute atomic E-state index is 0.195. The smallest absolute Gasteiger partial charge is 0.306 e. The first-order valence-corrected chi connectivity index (χ1v) is 9.54. The number of nitrogens with zero attached hydrogens (tertiary/aromatic N) is 2. The summed E-state index contributed by atoms with van der Waals surface area (Å²) in [6.45, 7) is 1.37. The summed E-state index contributed by atoms with van der Waals surface area (Å²) < 4.78 is 6.15. The van der Waals surface area contributed by atoms with E-state index in [2.05, 4.69) is 16.4 Å². The molecule has 0 aliphatic heterocycles. The number of fused-ring (bicyclic) bond motifs is 1. The van der Waals surface area contributed by atoms with Crippen LogP contribution in [0, 0.1) is 17.2 Å². The molecule has 1 saturated carbocycles. The van der Waals surface area contributed by atoms with Crippen LogP contribution in [0.25, 0.3) is 10.2 Å². The van der Waals surface area contributed by atoms with Gasteiger partial charge in [-0.25, -0.2) is 4.98 Å². The van der Waals surface area contributed by atoms with Gasteiger partial charge in [-0.15, -0.1) is 11.3 Å². The Balaban J connectivity index is 1.37. The summed E-state index contributed by atoms with van der Waals surface area (Å²) in [5.74, 6) is -0.646. The topological polar surface area (TPSA) is 92.1 Å². The summed E-state index contributed by atoms with van der Waals surface area (Å²) in [5, 5.41) is 12.9. The lowest BCUT2D eigenvalue weighted by Crippen LogP contribution is -2.48. The van der Waals surface area contributed by atoms with Crippen molar-refractivity contribution in [3.63, 3.8) is 0 Å². The van der Waals surface area contributed by atoms with Gasteiger partial charge in [-0.05, 0) is 50.7 Å². The number of nitrogens with one attached hydrogen (secondary N) is 1. The molecular weight excluding hydrogens is 350 g/mol. The SMILES string of the molecule is C[C@@](C#N)(NC(=O)COC(=O)CCCc1nc2ccccc2s1)C1CC1. The van der Waals surface area contributed by atoms with Crippen molar-refractivity contribution in [2.75, 3.05) is 6.61 Å². The van der Waals surface area contributed by atoms with Crippen LogP contribution in [0.5, 0.6) is 0 Å². The van der Waals surface area contributed by atoms with E-state index in [9.17, 15) is 14.9 Å². The van der Waals surface area contributed by atoms with E-state index >= 15 is 0 Å². The van der Waals surface area contributed by atoms with E-state index in [0.717, 1.165) is 28.1 Å². The highest BCUT2D eigenvalue weighted by molar-refractivity contribution is 7.18. The molecule has 136 valence electrons. The molecule has 0 spiro atoms. The zero-order valence-corrected chi connectivity index (χ0v) is 15.5. The van der Waals surface area contributed by atoms with Gasteiger partial charge in [0.05, 0.1) is 21.3 Å². The van der Waals surface area contributed by atoms with Gasteiger partial charge in [0, 0.05) is 6.42 Å². The van der Waals surface area contributed by atoms with Crippen LogP contribution in [0.1, 0.15) is 37.6 Å². The summed E-state index contributed by atoms with van der Waals surface area (Å²) >= 11 is 1.63. The molecule has 6 nitrogen and oxygen atoms in total. The number of benzene rings is 1. The number of aromatic nitrogens is 1. The van der Waals surface area contributed by atoms with Gasteiger partial charge in [0.25, 0.3) is 5.91 Å². The first kappa shape index (κ1) is 18.3. The fraction of sp³-hybridized carbons (Fsp3) is 0.474. The molecule has 7 heteroatoms. The number of para-hydroxylation sites is 1. The molecule has 0 unspecified atom stereocenters. The van der Waals surface area contributed by atoms with Crippen molar-refractivity contribution in [3.8, 4) is 6.07 Å². The quantitative estimate of drug-likeness (QED) is 0.720. The number of esters is 1. The number of nitriles is 1. The van der Waals surface area contributed by atoms with Gasteiger partial charge >= 0.3 is 5.97 Å². The Morgan fingerprint density at radius 2 is 2.19 bits per heavy atom. The van der Waals surface area contributed by atoms with Crippen LogP contribution in [0.2, 0.25) is 0 Å². The van der Waals surface area contributed by atoms with E-state index < -0.39 is 17.4 Å². The molecule has 1 fully saturated rings. The number of hydrogen-bond acceptors (Lipinski definition) is 6. The van der Waals surface area contributed by atoms with E-state index in [1.54, 1.807) is 18.3 Å². The Labute approximate surface area is 156 Å². The molecule has 1 amide bonds. The molecule has 2 aromatic rings. The van der Waals surface area contributed by atoms with Crippen LogP contribution in [0.15, 0.2) is 24.3 Å². The molecule has 1 heterocycles. The molecule has 3 rings (SSSR count). The normalized spacial score (nSPS) is 15.8. The largest absolute Gasteiger partial charge is 0.456 e. The number of ether oxygens (including phenoxy) is 1. The zero-order chi connectivity index (χ0) is 18.6. The summed E-state index contributed by atoms with van der Waals surface area (Å²) in [6, 6.07) is 10.1. The minimum Gasteiger partial charge on any atom is -0.456 e. The van der Waals surface area contributed by atoms with Gasteiger partial charge in [-0.3, -0.25) is 9.59 Å². The summed E-state index contributed by atoms with van der Waals surface area (Å²) in [4.78, 5) is 28.2. The fourth-order valence-electron chi connectivity index (χ4n) is 2.84. The van der Waals surface area contributed by atoms with Gasteiger partial charge in [0.2, 0.25) is 0 Å². The number of rotatable bonds is 8. The van der Waals surface area contributed by atoms with Crippen molar-refractivity contribution in [3.05, 3.63) is 29.3 Å². The molecule has 0 saturated heterocycles. The third-order valence-electron chi connectivity index (χ3n) is 4.50. The summed E-state index contributed by atoms with van der Waals surface area (Å²) in [6.07, 6.45) is 3.44. The van der Waals surface area contributed by atoms with E-state index in [1.807, 2.05) is 24.3 Å². The Kier molecular flexibility index (Phi) is 5.52. The summed E-state index contributed by atoms with van der Waals surface area (Å²) in [5.41, 5.74) is 0.110. The van der Waals surface area contributed by atoms with E-state index in [-0.39, 0.29) is 18.9 Å². The second-order valence-corrected chi connectivity index (χ2v) is 7.84. The maximum Gasteiger partial charge on any atom is 0.306 e. The van der Waals surface area contributed by atoms with Crippen molar-refractivity contribution < 1.29 is 14.3 Å². The van der Waals surface area contributed by atoms with E-state index in [1.165, 1.54) is 0 Å². The predicted octanol–water partition coefficient (Wildman–Crippen LogP) is 2.97. The second kappa shape index (κ2) is 7.83. The molecule has 1 atom stereocenters. The molecular formula is C19H21N3O3S. The van der Waals surface area contributed by atoms with Crippen LogP contribution >= 0.6 is 11.3 Å². The van der Waals surface area contributed by atoms with Crippen molar-refractivity contribution in [2.45, 2.75) is 44.6 Å².